The zero-order chi connectivity index (χ0) is 13.4. The fourth-order valence-electron chi connectivity index (χ4n) is 2.72. The van der Waals surface area contributed by atoms with Gasteiger partial charge in [0.1, 0.15) is 0 Å². The molecule has 1 aromatic heterocycles. The molecule has 1 aliphatic carbocycles. The summed E-state index contributed by atoms with van der Waals surface area (Å²) >= 11 is 6.04. The number of benzene rings is 1. The van der Waals surface area contributed by atoms with E-state index in [0.29, 0.717) is 11.3 Å². The zero-order valence-corrected chi connectivity index (χ0v) is 12.1. The van der Waals surface area contributed by atoms with Gasteiger partial charge in [0.25, 0.3) is 0 Å². The Balaban J connectivity index is 1.84. The Morgan fingerprint density at radius 2 is 1.84 bits per heavy atom. The van der Waals surface area contributed by atoms with Crippen LogP contribution in [-0.4, -0.2) is 28.9 Å². The second-order valence-electron chi connectivity index (χ2n) is 5.44. The molecule has 0 atom stereocenters. The summed E-state index contributed by atoms with van der Waals surface area (Å²) in [6.45, 7) is 3.04. The summed E-state index contributed by atoms with van der Waals surface area (Å²) in [7, 11) is 2.09. The number of hydrogen-bond acceptors (Lipinski definition) is 3. The molecule has 4 heteroatoms. The minimum Gasteiger partial charge on any atom is -0.358 e. The van der Waals surface area contributed by atoms with Crippen LogP contribution in [0.5, 0.6) is 0 Å². The predicted molar refractivity (Wildman–Crippen MR) is 79.9 cm³/mol. The van der Waals surface area contributed by atoms with Crippen LogP contribution in [-0.2, 0) is 0 Å². The topological polar surface area (TPSA) is 29.0 Å². The molecule has 0 aliphatic heterocycles. The van der Waals surface area contributed by atoms with Gasteiger partial charge in [-0.2, -0.15) is 0 Å². The maximum Gasteiger partial charge on any atom is 0.150 e. The minimum absolute atomic E-state index is 0.377. The van der Waals surface area contributed by atoms with Crippen LogP contribution in [0.15, 0.2) is 24.3 Å². The van der Waals surface area contributed by atoms with E-state index in [-0.39, 0.29) is 0 Å². The monoisotopic (exact) mass is 275 g/mol. The highest BCUT2D eigenvalue weighted by Crippen LogP contribution is 2.33. The Kier molecular flexibility index (Phi) is 3.31. The lowest BCUT2D eigenvalue weighted by Crippen LogP contribution is -2.35. The zero-order valence-electron chi connectivity index (χ0n) is 11.3. The van der Waals surface area contributed by atoms with E-state index in [1.165, 1.54) is 0 Å². The number of fused-ring (bicyclic) bond motifs is 1. The Bertz CT molecular complexity index is 593. The van der Waals surface area contributed by atoms with Crippen molar-refractivity contribution in [3.05, 3.63) is 30.0 Å². The number of hydrogen-bond donors (Lipinski definition) is 0. The van der Waals surface area contributed by atoms with Crippen molar-refractivity contribution in [1.29, 1.82) is 0 Å². The molecule has 3 nitrogen and oxygen atoms in total. The van der Waals surface area contributed by atoms with Gasteiger partial charge in [0.05, 0.1) is 16.7 Å². The number of nitrogens with zero attached hydrogens (tertiary/aromatic N) is 3. The van der Waals surface area contributed by atoms with Crippen LogP contribution in [0.3, 0.4) is 0 Å². The molecule has 0 spiro atoms. The van der Waals surface area contributed by atoms with Crippen molar-refractivity contribution < 1.29 is 0 Å². The minimum atomic E-state index is 0.377. The van der Waals surface area contributed by atoms with Crippen LogP contribution in [0.2, 0.25) is 0 Å². The molecule has 0 N–H and O–H groups in total. The van der Waals surface area contributed by atoms with E-state index < -0.39 is 0 Å². The maximum absolute atomic E-state index is 6.04. The molecule has 0 bridgehead atoms. The first-order valence-corrected chi connectivity index (χ1v) is 7.15. The van der Waals surface area contributed by atoms with Gasteiger partial charge < -0.3 is 4.90 Å². The Morgan fingerprint density at radius 1 is 1.21 bits per heavy atom. The molecule has 0 radical (unpaired) electrons. The summed E-state index contributed by atoms with van der Waals surface area (Å²) in [4.78, 5) is 11.6. The number of halogens is 1. The van der Waals surface area contributed by atoms with Crippen LogP contribution in [0.25, 0.3) is 11.0 Å². The second kappa shape index (κ2) is 4.97. The lowest BCUT2D eigenvalue weighted by molar-refractivity contribution is 0.328. The summed E-state index contributed by atoms with van der Waals surface area (Å²) in [6, 6.07) is 8.01. The van der Waals surface area contributed by atoms with Crippen molar-refractivity contribution in [2.45, 2.75) is 25.1 Å². The highest BCUT2D eigenvalue weighted by molar-refractivity contribution is 6.21. The molecule has 0 saturated heterocycles. The molecule has 1 fully saturated rings. The Morgan fingerprint density at radius 3 is 2.47 bits per heavy atom. The third-order valence-electron chi connectivity index (χ3n) is 3.79. The van der Waals surface area contributed by atoms with E-state index in [2.05, 4.69) is 16.9 Å². The van der Waals surface area contributed by atoms with E-state index in [0.717, 1.165) is 41.9 Å². The van der Waals surface area contributed by atoms with Gasteiger partial charge in [-0.05, 0) is 37.8 Å². The smallest absolute Gasteiger partial charge is 0.150 e. The SMILES string of the molecule is Cc1nc2ccccc2nc1N(C)CC1CC(Cl)C1. The third-order valence-corrected chi connectivity index (χ3v) is 4.15. The predicted octanol–water partition coefficient (Wildman–Crippen LogP) is 3.39. The van der Waals surface area contributed by atoms with Crippen LogP contribution in [0.4, 0.5) is 5.82 Å². The van der Waals surface area contributed by atoms with Crippen molar-refractivity contribution in [2.24, 2.45) is 5.92 Å². The molecule has 1 saturated carbocycles. The number of para-hydroxylation sites is 2. The van der Waals surface area contributed by atoms with Gasteiger partial charge >= 0.3 is 0 Å². The normalized spacial score (nSPS) is 22.3. The van der Waals surface area contributed by atoms with Gasteiger partial charge in [0.2, 0.25) is 0 Å². The van der Waals surface area contributed by atoms with E-state index in [9.17, 15) is 0 Å². The lowest BCUT2D eigenvalue weighted by atomic mass is 9.84. The van der Waals surface area contributed by atoms with Gasteiger partial charge in [0, 0.05) is 19.0 Å². The van der Waals surface area contributed by atoms with Crippen molar-refractivity contribution in [2.75, 3.05) is 18.5 Å². The molecular formula is C15H18ClN3. The quantitative estimate of drug-likeness (QED) is 0.804. The van der Waals surface area contributed by atoms with Gasteiger partial charge in [0.15, 0.2) is 5.82 Å². The molecule has 0 amide bonds. The summed E-state index contributed by atoms with van der Waals surface area (Å²) in [5, 5.41) is 0.377. The van der Waals surface area contributed by atoms with Gasteiger partial charge in [-0.25, -0.2) is 9.97 Å². The van der Waals surface area contributed by atoms with Crippen molar-refractivity contribution in [3.63, 3.8) is 0 Å². The molecule has 2 aromatic rings. The largest absolute Gasteiger partial charge is 0.358 e. The molecule has 19 heavy (non-hydrogen) atoms. The lowest BCUT2D eigenvalue weighted by Gasteiger charge is -2.34. The first-order chi connectivity index (χ1) is 9.13. The fraction of sp³-hybridized carbons (Fsp3) is 0.467. The molecule has 1 aromatic carbocycles. The highest BCUT2D eigenvalue weighted by Gasteiger charge is 2.28. The number of alkyl halides is 1. The summed E-state index contributed by atoms with van der Waals surface area (Å²) in [5.41, 5.74) is 2.91. The first-order valence-electron chi connectivity index (χ1n) is 6.72. The number of aryl methyl sites for hydroxylation is 1. The van der Waals surface area contributed by atoms with E-state index in [4.69, 9.17) is 16.6 Å². The maximum atomic E-state index is 6.04. The Labute approximate surface area is 118 Å². The molecule has 100 valence electrons. The molecule has 1 heterocycles. The van der Waals surface area contributed by atoms with Crippen LogP contribution < -0.4 is 4.90 Å². The van der Waals surface area contributed by atoms with Crippen LogP contribution >= 0.6 is 11.6 Å². The van der Waals surface area contributed by atoms with E-state index >= 15 is 0 Å². The molecule has 3 rings (SSSR count). The number of anilines is 1. The average Bonchev–Trinajstić information content (AvgIpc) is 2.36. The Hall–Kier alpha value is -1.35. The average molecular weight is 276 g/mol. The number of aromatic nitrogens is 2. The highest BCUT2D eigenvalue weighted by atomic mass is 35.5. The molecular weight excluding hydrogens is 258 g/mol. The van der Waals surface area contributed by atoms with Crippen LogP contribution in [0.1, 0.15) is 18.5 Å². The van der Waals surface area contributed by atoms with E-state index in [1.807, 2.05) is 31.2 Å². The van der Waals surface area contributed by atoms with Gasteiger partial charge in [-0.15, -0.1) is 11.6 Å². The standard InChI is InChI=1S/C15H18ClN3/c1-10-15(19(2)9-11-7-12(16)8-11)18-14-6-4-3-5-13(14)17-10/h3-6,11-12H,7-9H2,1-2H3. The van der Waals surface area contributed by atoms with Gasteiger partial charge in [-0.1, -0.05) is 12.1 Å². The third kappa shape index (κ3) is 2.52. The van der Waals surface area contributed by atoms with Gasteiger partial charge in [-0.3, -0.25) is 0 Å². The summed E-state index contributed by atoms with van der Waals surface area (Å²) < 4.78 is 0. The van der Waals surface area contributed by atoms with E-state index in [1.54, 1.807) is 0 Å². The van der Waals surface area contributed by atoms with Crippen molar-refractivity contribution in [3.8, 4) is 0 Å². The van der Waals surface area contributed by atoms with Crippen LogP contribution in [0, 0.1) is 12.8 Å². The fourth-order valence-corrected chi connectivity index (χ4v) is 3.22. The summed E-state index contributed by atoms with van der Waals surface area (Å²) in [6.07, 6.45) is 2.23. The van der Waals surface area contributed by atoms with Crippen molar-refractivity contribution in [1.82, 2.24) is 9.97 Å². The molecule has 1 aliphatic rings. The summed E-state index contributed by atoms with van der Waals surface area (Å²) in [5.74, 6) is 1.68. The van der Waals surface area contributed by atoms with Crippen molar-refractivity contribution >= 4 is 28.5 Å². The number of rotatable bonds is 3. The first kappa shape index (κ1) is 12.7. The second-order valence-corrected chi connectivity index (χ2v) is 6.05. The molecule has 0 unspecified atom stereocenters.